The molecule has 0 aliphatic heterocycles. The minimum atomic E-state index is -1.11. The van der Waals surface area contributed by atoms with Gasteiger partial charge >= 0.3 is 0 Å². The largest absolute Gasteiger partial charge is 0.394 e. The Kier molecular flexibility index (Phi) is 2.86. The Morgan fingerprint density at radius 1 is 1.27 bits per heavy atom. The second kappa shape index (κ2) is 4.14. The van der Waals surface area contributed by atoms with Crippen LogP contribution >= 0.6 is 0 Å². The summed E-state index contributed by atoms with van der Waals surface area (Å²) in [5.41, 5.74) is 2.83. The van der Waals surface area contributed by atoms with E-state index < -0.39 is 18.8 Å². The summed E-state index contributed by atoms with van der Waals surface area (Å²) in [7, 11) is 0. The summed E-state index contributed by atoms with van der Waals surface area (Å²) in [4.78, 5) is 0. The molecule has 3 nitrogen and oxygen atoms in total. The smallest absolute Gasteiger partial charge is 0.107 e. The summed E-state index contributed by atoms with van der Waals surface area (Å²) in [6, 6.07) is 5.60. The lowest BCUT2D eigenvalue weighted by Gasteiger charge is -2.18. The minimum Gasteiger partial charge on any atom is -0.394 e. The van der Waals surface area contributed by atoms with Crippen LogP contribution in [-0.2, 0) is 6.42 Å². The van der Waals surface area contributed by atoms with E-state index >= 15 is 0 Å². The standard InChI is InChI=1S/C12H14O3/c13-7-11(14)12(15)10-6-2-4-8-3-1-5-9(8)10/h1-4,6,11-15H,5,7H2. The zero-order valence-electron chi connectivity index (χ0n) is 8.30. The van der Waals surface area contributed by atoms with Gasteiger partial charge in [-0.1, -0.05) is 30.4 Å². The SMILES string of the molecule is OCC(O)C(O)c1cccc2c1CC=C2. The van der Waals surface area contributed by atoms with E-state index in [1.807, 2.05) is 24.3 Å². The van der Waals surface area contributed by atoms with Gasteiger partial charge in [0, 0.05) is 0 Å². The Morgan fingerprint density at radius 3 is 2.80 bits per heavy atom. The van der Waals surface area contributed by atoms with Gasteiger partial charge < -0.3 is 15.3 Å². The molecule has 2 atom stereocenters. The van der Waals surface area contributed by atoms with Crippen LogP contribution in [0, 0.1) is 0 Å². The van der Waals surface area contributed by atoms with Crippen LogP contribution in [-0.4, -0.2) is 28.0 Å². The molecule has 2 unspecified atom stereocenters. The molecule has 1 aromatic carbocycles. The number of aliphatic hydroxyl groups excluding tert-OH is 3. The quantitative estimate of drug-likeness (QED) is 0.680. The number of fused-ring (bicyclic) bond motifs is 1. The average molecular weight is 206 g/mol. The molecule has 0 saturated heterocycles. The molecule has 2 rings (SSSR count). The first-order valence-corrected chi connectivity index (χ1v) is 4.99. The molecule has 0 spiro atoms. The summed E-state index contributed by atoms with van der Waals surface area (Å²) in [5.74, 6) is 0. The normalized spacial score (nSPS) is 17.5. The van der Waals surface area contributed by atoms with E-state index in [-0.39, 0.29) is 0 Å². The van der Waals surface area contributed by atoms with Crippen molar-refractivity contribution in [1.29, 1.82) is 0 Å². The van der Waals surface area contributed by atoms with Crippen molar-refractivity contribution in [3.63, 3.8) is 0 Å². The topological polar surface area (TPSA) is 60.7 Å². The Balaban J connectivity index is 2.34. The van der Waals surface area contributed by atoms with Crippen LogP contribution < -0.4 is 0 Å². The number of benzene rings is 1. The van der Waals surface area contributed by atoms with E-state index in [2.05, 4.69) is 0 Å². The highest BCUT2D eigenvalue weighted by Gasteiger charge is 2.21. The first kappa shape index (κ1) is 10.4. The van der Waals surface area contributed by atoms with Crippen molar-refractivity contribution in [3.05, 3.63) is 41.0 Å². The zero-order valence-corrected chi connectivity index (χ0v) is 8.30. The Labute approximate surface area is 88.3 Å². The van der Waals surface area contributed by atoms with E-state index in [1.54, 1.807) is 6.07 Å². The molecule has 0 aromatic heterocycles. The molecule has 15 heavy (non-hydrogen) atoms. The summed E-state index contributed by atoms with van der Waals surface area (Å²) < 4.78 is 0. The lowest BCUT2D eigenvalue weighted by molar-refractivity contribution is -0.0155. The molecule has 1 aliphatic rings. The van der Waals surface area contributed by atoms with Crippen LogP contribution in [0.5, 0.6) is 0 Å². The Morgan fingerprint density at radius 2 is 2.07 bits per heavy atom. The van der Waals surface area contributed by atoms with Gasteiger partial charge in [-0.3, -0.25) is 0 Å². The van der Waals surface area contributed by atoms with Gasteiger partial charge in [-0.15, -0.1) is 0 Å². The van der Waals surface area contributed by atoms with Crippen molar-refractivity contribution in [2.24, 2.45) is 0 Å². The number of allylic oxidation sites excluding steroid dienone is 1. The van der Waals surface area contributed by atoms with Gasteiger partial charge in [0.25, 0.3) is 0 Å². The zero-order chi connectivity index (χ0) is 10.8. The highest BCUT2D eigenvalue weighted by atomic mass is 16.4. The van der Waals surface area contributed by atoms with Crippen molar-refractivity contribution >= 4 is 6.08 Å². The fourth-order valence-corrected chi connectivity index (χ4v) is 1.90. The highest BCUT2D eigenvalue weighted by Crippen LogP contribution is 2.28. The molecular formula is C12H14O3. The van der Waals surface area contributed by atoms with E-state index in [1.165, 1.54) is 0 Å². The van der Waals surface area contributed by atoms with Crippen molar-refractivity contribution in [2.75, 3.05) is 6.61 Å². The third-order valence-electron chi connectivity index (χ3n) is 2.74. The predicted molar refractivity (Wildman–Crippen MR) is 57.2 cm³/mol. The molecule has 0 amide bonds. The van der Waals surface area contributed by atoms with E-state index in [4.69, 9.17) is 5.11 Å². The van der Waals surface area contributed by atoms with Gasteiger partial charge in [-0.2, -0.15) is 0 Å². The average Bonchev–Trinajstić information content (AvgIpc) is 2.74. The molecule has 0 radical (unpaired) electrons. The molecule has 3 heteroatoms. The van der Waals surface area contributed by atoms with Crippen LogP contribution in [0.1, 0.15) is 22.8 Å². The lowest BCUT2D eigenvalue weighted by atomic mass is 9.96. The van der Waals surface area contributed by atoms with Crippen molar-refractivity contribution in [2.45, 2.75) is 18.6 Å². The van der Waals surface area contributed by atoms with Crippen molar-refractivity contribution in [1.82, 2.24) is 0 Å². The van der Waals surface area contributed by atoms with Gasteiger partial charge in [0.15, 0.2) is 0 Å². The molecule has 1 aromatic rings. The minimum absolute atomic E-state index is 0.432. The summed E-state index contributed by atoms with van der Waals surface area (Å²) >= 11 is 0. The van der Waals surface area contributed by atoms with E-state index in [0.717, 1.165) is 17.5 Å². The Hall–Kier alpha value is -1.16. The highest BCUT2D eigenvalue weighted by molar-refractivity contribution is 5.62. The molecule has 0 heterocycles. The van der Waals surface area contributed by atoms with Gasteiger partial charge in [0.1, 0.15) is 12.2 Å². The number of hydrogen-bond donors (Lipinski definition) is 3. The van der Waals surface area contributed by atoms with Gasteiger partial charge in [-0.25, -0.2) is 0 Å². The van der Waals surface area contributed by atoms with Crippen molar-refractivity contribution < 1.29 is 15.3 Å². The maximum atomic E-state index is 9.82. The summed E-state index contributed by atoms with van der Waals surface area (Å²) in [6.45, 7) is -0.432. The lowest BCUT2D eigenvalue weighted by Crippen LogP contribution is -2.23. The van der Waals surface area contributed by atoms with Gasteiger partial charge in [0.2, 0.25) is 0 Å². The number of hydrogen-bond acceptors (Lipinski definition) is 3. The number of rotatable bonds is 3. The van der Waals surface area contributed by atoms with Crippen molar-refractivity contribution in [3.8, 4) is 0 Å². The molecular weight excluding hydrogens is 192 g/mol. The van der Waals surface area contributed by atoms with Crippen LogP contribution in [0.2, 0.25) is 0 Å². The van der Waals surface area contributed by atoms with Crippen LogP contribution in [0.3, 0.4) is 0 Å². The first-order chi connectivity index (χ1) is 7.24. The second-order valence-corrected chi connectivity index (χ2v) is 3.72. The molecule has 0 bridgehead atoms. The first-order valence-electron chi connectivity index (χ1n) is 4.99. The van der Waals surface area contributed by atoms with E-state index in [0.29, 0.717) is 5.56 Å². The maximum Gasteiger partial charge on any atom is 0.107 e. The van der Waals surface area contributed by atoms with Crippen LogP contribution in [0.15, 0.2) is 24.3 Å². The maximum absolute atomic E-state index is 9.82. The van der Waals surface area contributed by atoms with E-state index in [9.17, 15) is 10.2 Å². The molecule has 3 N–H and O–H groups in total. The molecule has 1 aliphatic carbocycles. The predicted octanol–water partition coefficient (Wildman–Crippen LogP) is 0.643. The Bertz CT molecular complexity index is 384. The number of aliphatic hydroxyl groups is 3. The third-order valence-corrected chi connectivity index (χ3v) is 2.74. The second-order valence-electron chi connectivity index (χ2n) is 3.72. The fraction of sp³-hybridized carbons (Fsp3) is 0.333. The monoisotopic (exact) mass is 206 g/mol. The summed E-state index contributed by atoms with van der Waals surface area (Å²) in [5, 5.41) is 28.0. The molecule has 0 fully saturated rings. The van der Waals surface area contributed by atoms with Crippen LogP contribution in [0.4, 0.5) is 0 Å². The van der Waals surface area contributed by atoms with Gasteiger partial charge in [0.05, 0.1) is 6.61 Å². The summed E-state index contributed by atoms with van der Waals surface area (Å²) in [6.07, 6.45) is 2.67. The molecule has 0 saturated carbocycles. The van der Waals surface area contributed by atoms with Gasteiger partial charge in [-0.05, 0) is 23.1 Å². The molecule has 80 valence electrons. The third kappa shape index (κ3) is 1.81. The van der Waals surface area contributed by atoms with Crippen LogP contribution in [0.25, 0.3) is 6.08 Å². The fourth-order valence-electron chi connectivity index (χ4n) is 1.90.